The molecule has 2 aliphatic carbocycles. The molecule has 1 N–H and O–H groups in total. The molecule has 4 nitrogen and oxygen atoms in total. The Kier molecular flexibility index (Phi) is 3.56. The van der Waals surface area contributed by atoms with E-state index in [0.717, 1.165) is 51.4 Å². The molecule has 108 valence electrons. The average Bonchev–Trinajstić information content (AvgIpc) is 3.23. The lowest BCUT2D eigenvalue weighted by atomic mass is 9.72. The molecule has 0 aromatic rings. The van der Waals surface area contributed by atoms with Crippen LogP contribution in [0.5, 0.6) is 0 Å². The average molecular weight is 266 g/mol. The van der Waals surface area contributed by atoms with E-state index in [1.807, 2.05) is 0 Å². The van der Waals surface area contributed by atoms with Crippen LogP contribution in [0.25, 0.3) is 0 Å². The van der Waals surface area contributed by atoms with Crippen molar-refractivity contribution in [3.8, 4) is 0 Å². The second-order valence-electron chi connectivity index (χ2n) is 6.82. The van der Waals surface area contributed by atoms with Crippen LogP contribution in [0.3, 0.4) is 0 Å². The van der Waals surface area contributed by atoms with Crippen LogP contribution in [-0.4, -0.2) is 59.6 Å². The maximum absolute atomic E-state index is 12.0. The molecule has 1 saturated heterocycles. The molecule has 3 fully saturated rings. The van der Waals surface area contributed by atoms with Crippen LogP contribution < -0.4 is 0 Å². The molecule has 1 heterocycles. The van der Waals surface area contributed by atoms with Gasteiger partial charge in [0.15, 0.2) is 0 Å². The second kappa shape index (κ2) is 5.06. The highest BCUT2D eigenvalue weighted by Gasteiger charge is 2.50. The molecule has 0 spiro atoms. The van der Waals surface area contributed by atoms with Gasteiger partial charge in [0.1, 0.15) is 5.54 Å². The Hall–Kier alpha value is -0.610. The Labute approximate surface area is 115 Å². The molecular weight excluding hydrogens is 240 g/mol. The smallest absolute Gasteiger partial charge is 0.324 e. The van der Waals surface area contributed by atoms with Crippen molar-refractivity contribution in [1.29, 1.82) is 0 Å². The van der Waals surface area contributed by atoms with Crippen LogP contribution in [0.2, 0.25) is 0 Å². The topological polar surface area (TPSA) is 43.8 Å². The molecular formula is C15H26N2O2. The molecule has 0 bridgehead atoms. The Balaban J connectivity index is 1.75. The van der Waals surface area contributed by atoms with Crippen LogP contribution >= 0.6 is 0 Å². The maximum atomic E-state index is 12.0. The molecule has 2 unspecified atom stereocenters. The Morgan fingerprint density at radius 2 is 1.79 bits per heavy atom. The molecule has 0 aromatic heterocycles. The molecule has 0 aromatic carbocycles. The number of aliphatic carboxylic acids is 1. The monoisotopic (exact) mass is 266 g/mol. The zero-order valence-electron chi connectivity index (χ0n) is 12.0. The van der Waals surface area contributed by atoms with Gasteiger partial charge in [-0.3, -0.25) is 9.69 Å². The number of carboxylic acid groups (broad SMARTS) is 1. The minimum atomic E-state index is -0.567. The molecule has 3 rings (SSSR count). The molecule has 3 aliphatic rings. The van der Waals surface area contributed by atoms with Gasteiger partial charge in [0, 0.05) is 26.2 Å². The third-order valence-electron chi connectivity index (χ3n) is 5.56. The van der Waals surface area contributed by atoms with E-state index in [2.05, 4.69) is 16.8 Å². The standard InChI is InChI=1S/C15H26N2O2/c1-16-7-9-17(10-8-16)15(14(18)19)6-2-3-13(11-15)12-4-5-12/h12-13H,2-11H2,1H3,(H,18,19). The summed E-state index contributed by atoms with van der Waals surface area (Å²) in [5.41, 5.74) is -0.549. The number of rotatable bonds is 3. The summed E-state index contributed by atoms with van der Waals surface area (Å²) < 4.78 is 0. The quantitative estimate of drug-likeness (QED) is 0.843. The van der Waals surface area contributed by atoms with E-state index in [1.54, 1.807) is 0 Å². The van der Waals surface area contributed by atoms with Gasteiger partial charge in [-0.05, 0) is 44.6 Å². The van der Waals surface area contributed by atoms with Crippen molar-refractivity contribution < 1.29 is 9.90 Å². The molecule has 19 heavy (non-hydrogen) atoms. The van der Waals surface area contributed by atoms with Gasteiger partial charge < -0.3 is 10.0 Å². The summed E-state index contributed by atoms with van der Waals surface area (Å²) in [6.45, 7) is 3.84. The van der Waals surface area contributed by atoms with E-state index in [0.29, 0.717) is 5.92 Å². The molecule has 2 saturated carbocycles. The SMILES string of the molecule is CN1CCN(C2(C(=O)O)CCCC(C3CC3)C2)CC1. The first-order chi connectivity index (χ1) is 9.12. The Morgan fingerprint density at radius 3 is 2.37 bits per heavy atom. The predicted octanol–water partition coefficient (Wildman–Crippen LogP) is 1.66. The lowest BCUT2D eigenvalue weighted by molar-refractivity contribution is -0.157. The van der Waals surface area contributed by atoms with E-state index >= 15 is 0 Å². The Morgan fingerprint density at radius 1 is 1.11 bits per heavy atom. The minimum Gasteiger partial charge on any atom is -0.480 e. The van der Waals surface area contributed by atoms with E-state index in [4.69, 9.17) is 0 Å². The van der Waals surface area contributed by atoms with Crippen molar-refractivity contribution in [3.05, 3.63) is 0 Å². The Bertz CT molecular complexity index is 348. The van der Waals surface area contributed by atoms with Gasteiger partial charge in [-0.25, -0.2) is 0 Å². The first kappa shape index (κ1) is 13.4. The van der Waals surface area contributed by atoms with Gasteiger partial charge >= 0.3 is 5.97 Å². The minimum absolute atomic E-state index is 0.549. The fourth-order valence-corrected chi connectivity index (χ4v) is 4.12. The van der Waals surface area contributed by atoms with Gasteiger partial charge in [0.05, 0.1) is 0 Å². The van der Waals surface area contributed by atoms with Crippen molar-refractivity contribution in [2.75, 3.05) is 33.2 Å². The fourth-order valence-electron chi connectivity index (χ4n) is 4.12. The van der Waals surface area contributed by atoms with Crippen molar-refractivity contribution >= 4 is 5.97 Å². The largest absolute Gasteiger partial charge is 0.480 e. The fraction of sp³-hybridized carbons (Fsp3) is 0.933. The molecule has 0 amide bonds. The van der Waals surface area contributed by atoms with Crippen molar-refractivity contribution in [2.45, 2.75) is 44.1 Å². The van der Waals surface area contributed by atoms with Gasteiger partial charge in [-0.15, -0.1) is 0 Å². The first-order valence-corrected chi connectivity index (χ1v) is 7.79. The molecule has 4 heteroatoms. The predicted molar refractivity (Wildman–Crippen MR) is 74.1 cm³/mol. The third-order valence-corrected chi connectivity index (χ3v) is 5.56. The molecule has 1 aliphatic heterocycles. The lowest BCUT2D eigenvalue weighted by Crippen LogP contribution is -2.62. The second-order valence-corrected chi connectivity index (χ2v) is 6.82. The number of carbonyl (C=O) groups is 1. The van der Waals surface area contributed by atoms with Crippen molar-refractivity contribution in [1.82, 2.24) is 9.80 Å². The summed E-state index contributed by atoms with van der Waals surface area (Å²) in [6.07, 6.45) is 6.78. The molecule has 2 atom stereocenters. The highest BCUT2D eigenvalue weighted by Crippen LogP contribution is 2.48. The lowest BCUT2D eigenvalue weighted by Gasteiger charge is -2.48. The summed E-state index contributed by atoms with van der Waals surface area (Å²) >= 11 is 0. The van der Waals surface area contributed by atoms with E-state index in [9.17, 15) is 9.90 Å². The summed E-state index contributed by atoms with van der Waals surface area (Å²) in [6, 6.07) is 0. The summed E-state index contributed by atoms with van der Waals surface area (Å²) in [7, 11) is 2.12. The van der Waals surface area contributed by atoms with Crippen LogP contribution in [0.15, 0.2) is 0 Å². The highest BCUT2D eigenvalue weighted by atomic mass is 16.4. The number of nitrogens with zero attached hydrogens (tertiary/aromatic N) is 2. The van der Waals surface area contributed by atoms with Crippen LogP contribution in [0.4, 0.5) is 0 Å². The summed E-state index contributed by atoms with van der Waals surface area (Å²) in [5, 5.41) is 9.87. The number of hydrogen-bond acceptors (Lipinski definition) is 3. The number of hydrogen-bond donors (Lipinski definition) is 1. The van der Waals surface area contributed by atoms with E-state index in [1.165, 1.54) is 19.3 Å². The van der Waals surface area contributed by atoms with Gasteiger partial charge in [0.25, 0.3) is 0 Å². The number of likely N-dealkylation sites (N-methyl/N-ethyl adjacent to an activating group) is 1. The zero-order valence-corrected chi connectivity index (χ0v) is 12.0. The van der Waals surface area contributed by atoms with Crippen LogP contribution in [0, 0.1) is 11.8 Å². The zero-order chi connectivity index (χ0) is 13.5. The van der Waals surface area contributed by atoms with E-state index < -0.39 is 11.5 Å². The first-order valence-electron chi connectivity index (χ1n) is 7.79. The van der Waals surface area contributed by atoms with Gasteiger partial charge in [0.2, 0.25) is 0 Å². The van der Waals surface area contributed by atoms with Crippen LogP contribution in [-0.2, 0) is 4.79 Å². The van der Waals surface area contributed by atoms with Crippen LogP contribution in [0.1, 0.15) is 38.5 Å². The molecule has 0 radical (unpaired) electrons. The van der Waals surface area contributed by atoms with Gasteiger partial charge in [-0.2, -0.15) is 0 Å². The highest BCUT2D eigenvalue weighted by molar-refractivity contribution is 5.79. The maximum Gasteiger partial charge on any atom is 0.324 e. The van der Waals surface area contributed by atoms with Gasteiger partial charge in [-0.1, -0.05) is 12.8 Å². The summed E-state index contributed by atoms with van der Waals surface area (Å²) in [4.78, 5) is 16.6. The normalized spacial score (nSPS) is 38.3. The number of carboxylic acids is 1. The number of piperazine rings is 1. The van der Waals surface area contributed by atoms with E-state index in [-0.39, 0.29) is 0 Å². The van der Waals surface area contributed by atoms with Crippen molar-refractivity contribution in [3.63, 3.8) is 0 Å². The third kappa shape index (κ3) is 2.52. The van der Waals surface area contributed by atoms with Crippen molar-refractivity contribution in [2.24, 2.45) is 11.8 Å². The summed E-state index contributed by atoms with van der Waals surface area (Å²) in [5.74, 6) is 0.943.